The summed E-state index contributed by atoms with van der Waals surface area (Å²) in [6.45, 7) is 1.37. The maximum Gasteiger partial charge on any atom is 0.0969 e. The number of aromatic nitrogens is 3. The Morgan fingerprint density at radius 1 is 1.17 bits per heavy atom. The Kier molecular flexibility index (Phi) is 5.08. The van der Waals surface area contributed by atoms with E-state index in [9.17, 15) is 5.11 Å². The van der Waals surface area contributed by atoms with Crippen LogP contribution in [0.25, 0.3) is 11.3 Å². The second-order valence-corrected chi connectivity index (χ2v) is 6.65. The van der Waals surface area contributed by atoms with Gasteiger partial charge in [0.2, 0.25) is 0 Å². The van der Waals surface area contributed by atoms with Gasteiger partial charge < -0.3 is 10.4 Å². The lowest BCUT2D eigenvalue weighted by Gasteiger charge is -2.27. The number of nitrogens with one attached hydrogen (secondary N) is 1. The van der Waals surface area contributed by atoms with Crippen molar-refractivity contribution in [1.82, 2.24) is 20.1 Å². The number of nitrogens with zero attached hydrogens (tertiary/aromatic N) is 3. The van der Waals surface area contributed by atoms with E-state index in [1.54, 1.807) is 12.4 Å². The first kappa shape index (κ1) is 16.1. The number of rotatable bonds is 5. The standard InChI is InChI=1S/C18H26N4O/c1-22-13-16(17(21-22)15-6-10-19-11-7-15)12-20-14-18(23)8-4-2-3-5-9-18/h6-7,10-11,13,20,23H,2-5,8-9,12,14H2,1H3. The molecule has 1 saturated carbocycles. The number of hydrogen-bond donors (Lipinski definition) is 2. The zero-order valence-corrected chi connectivity index (χ0v) is 13.8. The van der Waals surface area contributed by atoms with Crippen LogP contribution in [0.4, 0.5) is 0 Å². The van der Waals surface area contributed by atoms with Crippen molar-refractivity contribution in [2.45, 2.75) is 50.7 Å². The van der Waals surface area contributed by atoms with Crippen LogP contribution in [0.3, 0.4) is 0 Å². The normalized spacial score (nSPS) is 17.8. The molecular weight excluding hydrogens is 288 g/mol. The third-order valence-corrected chi connectivity index (χ3v) is 4.66. The van der Waals surface area contributed by atoms with E-state index in [0.29, 0.717) is 13.1 Å². The van der Waals surface area contributed by atoms with Crippen molar-refractivity contribution in [3.05, 3.63) is 36.3 Å². The molecule has 0 saturated heterocycles. The summed E-state index contributed by atoms with van der Waals surface area (Å²) in [5, 5.41) is 18.7. The van der Waals surface area contributed by atoms with Crippen LogP contribution in [0.1, 0.15) is 44.1 Å². The highest BCUT2D eigenvalue weighted by Gasteiger charge is 2.27. The molecule has 2 N–H and O–H groups in total. The van der Waals surface area contributed by atoms with Crippen LogP contribution < -0.4 is 5.32 Å². The predicted octanol–water partition coefficient (Wildman–Crippen LogP) is 2.66. The minimum Gasteiger partial charge on any atom is -0.389 e. The Hall–Kier alpha value is -1.72. The third kappa shape index (κ3) is 4.18. The molecule has 0 atom stereocenters. The van der Waals surface area contributed by atoms with Gasteiger partial charge in [-0.05, 0) is 25.0 Å². The molecule has 0 radical (unpaired) electrons. The minimum absolute atomic E-state index is 0.546. The van der Waals surface area contributed by atoms with Gasteiger partial charge in [-0.25, -0.2) is 0 Å². The Morgan fingerprint density at radius 2 is 1.87 bits per heavy atom. The Morgan fingerprint density at radius 3 is 2.57 bits per heavy atom. The fraction of sp³-hybridized carbons (Fsp3) is 0.556. The van der Waals surface area contributed by atoms with E-state index in [4.69, 9.17) is 0 Å². The van der Waals surface area contributed by atoms with Gasteiger partial charge in [0.1, 0.15) is 0 Å². The van der Waals surface area contributed by atoms with Gasteiger partial charge in [-0.15, -0.1) is 0 Å². The highest BCUT2D eigenvalue weighted by atomic mass is 16.3. The zero-order valence-electron chi connectivity index (χ0n) is 13.8. The van der Waals surface area contributed by atoms with Gasteiger partial charge in [0.25, 0.3) is 0 Å². The summed E-state index contributed by atoms with van der Waals surface area (Å²) in [6, 6.07) is 3.95. The summed E-state index contributed by atoms with van der Waals surface area (Å²) in [5.74, 6) is 0. The molecule has 0 aromatic carbocycles. The van der Waals surface area contributed by atoms with E-state index in [1.165, 1.54) is 12.8 Å². The number of pyridine rings is 1. The molecule has 3 rings (SSSR count). The maximum atomic E-state index is 10.7. The quantitative estimate of drug-likeness (QED) is 0.833. The summed E-state index contributed by atoms with van der Waals surface area (Å²) >= 11 is 0. The van der Waals surface area contributed by atoms with Crippen molar-refractivity contribution in [1.29, 1.82) is 0 Å². The van der Waals surface area contributed by atoms with E-state index >= 15 is 0 Å². The van der Waals surface area contributed by atoms with Crippen molar-refractivity contribution >= 4 is 0 Å². The largest absolute Gasteiger partial charge is 0.389 e. The molecule has 1 aliphatic rings. The van der Waals surface area contributed by atoms with Crippen LogP contribution in [0.15, 0.2) is 30.7 Å². The molecule has 0 aliphatic heterocycles. The fourth-order valence-electron chi connectivity index (χ4n) is 3.41. The van der Waals surface area contributed by atoms with Crippen LogP contribution in [0.2, 0.25) is 0 Å². The lowest BCUT2D eigenvalue weighted by molar-refractivity contribution is 0.0250. The van der Waals surface area contributed by atoms with Gasteiger partial charge in [-0.2, -0.15) is 5.10 Å². The molecule has 1 aliphatic carbocycles. The van der Waals surface area contributed by atoms with Gasteiger partial charge in [0, 0.05) is 49.9 Å². The molecular formula is C18H26N4O. The Bertz CT molecular complexity index is 615. The molecule has 0 spiro atoms. The van der Waals surface area contributed by atoms with Crippen LogP contribution in [-0.4, -0.2) is 32.0 Å². The first-order valence-electron chi connectivity index (χ1n) is 8.52. The molecule has 5 nitrogen and oxygen atoms in total. The van der Waals surface area contributed by atoms with Crippen LogP contribution in [0, 0.1) is 0 Å². The van der Waals surface area contributed by atoms with Crippen LogP contribution in [-0.2, 0) is 13.6 Å². The molecule has 0 unspecified atom stereocenters. The summed E-state index contributed by atoms with van der Waals surface area (Å²) in [6.07, 6.45) is 12.2. The maximum absolute atomic E-state index is 10.7. The van der Waals surface area contributed by atoms with Crippen molar-refractivity contribution < 1.29 is 5.11 Å². The van der Waals surface area contributed by atoms with E-state index in [2.05, 4.69) is 15.4 Å². The first-order valence-corrected chi connectivity index (χ1v) is 8.52. The monoisotopic (exact) mass is 314 g/mol. The number of aliphatic hydroxyl groups is 1. The molecule has 1 fully saturated rings. The van der Waals surface area contributed by atoms with Gasteiger partial charge in [0.15, 0.2) is 0 Å². The second-order valence-electron chi connectivity index (χ2n) is 6.65. The van der Waals surface area contributed by atoms with Crippen LogP contribution in [0.5, 0.6) is 0 Å². The smallest absolute Gasteiger partial charge is 0.0969 e. The van der Waals surface area contributed by atoms with E-state index in [1.807, 2.05) is 30.1 Å². The first-order chi connectivity index (χ1) is 11.2. The van der Waals surface area contributed by atoms with Gasteiger partial charge in [0.05, 0.1) is 11.3 Å². The number of hydrogen-bond acceptors (Lipinski definition) is 4. The highest BCUT2D eigenvalue weighted by molar-refractivity contribution is 5.61. The summed E-state index contributed by atoms with van der Waals surface area (Å²) < 4.78 is 1.84. The van der Waals surface area contributed by atoms with Crippen molar-refractivity contribution in [3.63, 3.8) is 0 Å². The van der Waals surface area contributed by atoms with Crippen molar-refractivity contribution in [3.8, 4) is 11.3 Å². The van der Waals surface area contributed by atoms with E-state index in [-0.39, 0.29) is 0 Å². The van der Waals surface area contributed by atoms with Crippen molar-refractivity contribution in [2.75, 3.05) is 6.54 Å². The van der Waals surface area contributed by atoms with Crippen LogP contribution >= 0.6 is 0 Å². The average Bonchev–Trinajstić information content (AvgIpc) is 2.78. The third-order valence-electron chi connectivity index (χ3n) is 4.66. The van der Waals surface area contributed by atoms with E-state index < -0.39 is 5.60 Å². The average molecular weight is 314 g/mol. The summed E-state index contributed by atoms with van der Waals surface area (Å²) in [4.78, 5) is 4.07. The zero-order chi connectivity index (χ0) is 16.1. The Labute approximate surface area is 137 Å². The molecule has 0 amide bonds. The van der Waals surface area contributed by atoms with Gasteiger partial charge >= 0.3 is 0 Å². The molecule has 0 bridgehead atoms. The lowest BCUT2D eigenvalue weighted by atomic mass is 9.94. The lowest BCUT2D eigenvalue weighted by Crippen LogP contribution is -2.39. The van der Waals surface area contributed by atoms with Crippen molar-refractivity contribution in [2.24, 2.45) is 7.05 Å². The SMILES string of the molecule is Cn1cc(CNCC2(O)CCCCCC2)c(-c2ccncc2)n1. The molecule has 2 aromatic heterocycles. The number of aryl methyl sites for hydroxylation is 1. The molecule has 2 aromatic rings. The van der Waals surface area contributed by atoms with E-state index in [0.717, 1.165) is 42.5 Å². The molecule has 5 heteroatoms. The fourth-order valence-corrected chi connectivity index (χ4v) is 3.41. The topological polar surface area (TPSA) is 63.0 Å². The summed E-state index contributed by atoms with van der Waals surface area (Å²) in [5.41, 5.74) is 2.66. The van der Waals surface area contributed by atoms with Gasteiger partial charge in [-0.1, -0.05) is 25.7 Å². The molecule has 124 valence electrons. The Balaban J connectivity index is 1.64. The predicted molar refractivity (Wildman–Crippen MR) is 90.8 cm³/mol. The minimum atomic E-state index is -0.546. The highest BCUT2D eigenvalue weighted by Crippen LogP contribution is 2.27. The molecule has 2 heterocycles. The van der Waals surface area contributed by atoms with Gasteiger partial charge in [-0.3, -0.25) is 9.67 Å². The molecule has 23 heavy (non-hydrogen) atoms. The second kappa shape index (κ2) is 7.23. The summed E-state index contributed by atoms with van der Waals surface area (Å²) in [7, 11) is 1.94.